The van der Waals surface area contributed by atoms with Gasteiger partial charge in [-0.05, 0) is 31.0 Å². The molecule has 1 unspecified atom stereocenters. The lowest BCUT2D eigenvalue weighted by Gasteiger charge is -2.31. The van der Waals surface area contributed by atoms with Crippen LogP contribution in [-0.4, -0.2) is 30.0 Å². The smallest absolute Gasteiger partial charge is 0.382 e. The third-order valence-corrected chi connectivity index (χ3v) is 3.72. The van der Waals surface area contributed by atoms with Crippen LogP contribution in [0.2, 0.25) is 5.02 Å². The molecular weight excluding hydrogens is 293 g/mol. The van der Waals surface area contributed by atoms with Crippen LogP contribution in [-0.2, 0) is 0 Å². The number of rotatable bonds is 2. The second-order valence-corrected chi connectivity index (χ2v) is 5.07. The summed E-state index contributed by atoms with van der Waals surface area (Å²) in [7, 11) is 0. The Kier molecular flexibility index (Phi) is 4.11. The Morgan fingerprint density at radius 3 is 2.70 bits per heavy atom. The van der Waals surface area contributed by atoms with Gasteiger partial charge in [-0.15, -0.1) is 0 Å². The lowest BCUT2D eigenvalue weighted by molar-refractivity contribution is -0.209. The quantitative estimate of drug-likeness (QED) is 0.913. The van der Waals surface area contributed by atoms with Gasteiger partial charge in [0.25, 0.3) is 0 Å². The molecule has 2 rings (SSSR count). The highest BCUT2D eigenvalue weighted by Crippen LogP contribution is 2.35. The second-order valence-electron chi connectivity index (χ2n) is 4.67. The third-order valence-electron chi connectivity index (χ3n) is 3.40. The van der Waals surface area contributed by atoms with Gasteiger partial charge in [-0.3, -0.25) is 0 Å². The molecule has 3 nitrogen and oxygen atoms in total. The first kappa shape index (κ1) is 14.9. The van der Waals surface area contributed by atoms with Crippen LogP contribution in [0.15, 0.2) is 18.2 Å². The van der Waals surface area contributed by atoms with E-state index >= 15 is 0 Å². The minimum absolute atomic E-state index is 0.192. The molecule has 7 heteroatoms. The van der Waals surface area contributed by atoms with Crippen molar-refractivity contribution >= 4 is 17.3 Å². The van der Waals surface area contributed by atoms with E-state index in [1.807, 2.05) is 6.07 Å². The maximum absolute atomic E-state index is 12.6. The van der Waals surface area contributed by atoms with Gasteiger partial charge in [-0.25, -0.2) is 0 Å². The molecule has 1 aliphatic heterocycles. The molecule has 108 valence electrons. The fraction of sp³-hybridized carbons (Fsp3) is 0.462. The lowest BCUT2D eigenvalue weighted by Crippen LogP contribution is -2.47. The molecule has 1 fully saturated rings. The third kappa shape index (κ3) is 2.84. The van der Waals surface area contributed by atoms with E-state index in [-0.39, 0.29) is 17.0 Å². The van der Waals surface area contributed by atoms with Gasteiger partial charge in [0.2, 0.25) is 0 Å². The zero-order valence-corrected chi connectivity index (χ0v) is 11.1. The van der Waals surface area contributed by atoms with Crippen LogP contribution in [0, 0.1) is 11.3 Å². The summed E-state index contributed by atoms with van der Waals surface area (Å²) < 4.78 is 37.9. The van der Waals surface area contributed by atoms with Crippen LogP contribution in [0.1, 0.15) is 18.4 Å². The summed E-state index contributed by atoms with van der Waals surface area (Å²) in [5, 5.41) is 18.4. The average Bonchev–Trinajstić information content (AvgIpc) is 2.85. The first-order valence-electron chi connectivity index (χ1n) is 6.05. The van der Waals surface area contributed by atoms with Crippen LogP contribution < -0.4 is 4.90 Å². The van der Waals surface area contributed by atoms with Gasteiger partial charge in [0, 0.05) is 12.2 Å². The molecule has 1 aromatic carbocycles. The normalized spacial score (nSPS) is 20.8. The summed E-state index contributed by atoms with van der Waals surface area (Å²) >= 11 is 5.89. The molecule has 0 amide bonds. The van der Waals surface area contributed by atoms with Crippen LogP contribution in [0.25, 0.3) is 0 Å². The predicted molar refractivity (Wildman–Crippen MR) is 68.6 cm³/mol. The molecule has 0 radical (unpaired) electrons. The minimum Gasteiger partial charge on any atom is -0.382 e. The van der Waals surface area contributed by atoms with Crippen molar-refractivity contribution in [3.8, 4) is 6.07 Å². The van der Waals surface area contributed by atoms with Crippen molar-refractivity contribution in [3.63, 3.8) is 0 Å². The van der Waals surface area contributed by atoms with Crippen molar-refractivity contribution in [1.82, 2.24) is 0 Å². The molecule has 0 saturated carbocycles. The predicted octanol–water partition coefficient (Wildman–Crippen LogP) is 3.10. The highest BCUT2D eigenvalue weighted by Gasteiger charge is 2.47. The number of halogens is 4. The highest BCUT2D eigenvalue weighted by molar-refractivity contribution is 6.32. The van der Waals surface area contributed by atoms with Crippen LogP contribution in [0.5, 0.6) is 0 Å². The zero-order chi connectivity index (χ0) is 14.9. The monoisotopic (exact) mass is 304 g/mol. The largest absolute Gasteiger partial charge is 0.416 e. The van der Waals surface area contributed by atoms with Crippen LogP contribution in [0.3, 0.4) is 0 Å². The summed E-state index contributed by atoms with van der Waals surface area (Å²) in [4.78, 5) is 1.49. The number of hydrogen-bond donors (Lipinski definition) is 1. The Bertz CT molecular complexity index is 541. The van der Waals surface area contributed by atoms with E-state index in [4.69, 9.17) is 16.9 Å². The van der Waals surface area contributed by atoms with Crippen molar-refractivity contribution in [2.24, 2.45) is 0 Å². The van der Waals surface area contributed by atoms with E-state index in [1.165, 1.54) is 17.0 Å². The number of alkyl halides is 3. The molecule has 1 aliphatic rings. The van der Waals surface area contributed by atoms with E-state index in [0.29, 0.717) is 18.7 Å². The van der Waals surface area contributed by atoms with Crippen molar-refractivity contribution in [2.45, 2.75) is 31.2 Å². The Hall–Kier alpha value is -1.45. The summed E-state index contributed by atoms with van der Waals surface area (Å²) in [6, 6.07) is 5.35. The Labute approximate surface area is 119 Å². The van der Waals surface area contributed by atoms with Crippen molar-refractivity contribution in [3.05, 3.63) is 28.8 Å². The number of nitriles is 1. The van der Waals surface area contributed by atoms with Gasteiger partial charge in [0.15, 0.2) is 6.10 Å². The molecule has 2 atom stereocenters. The summed E-state index contributed by atoms with van der Waals surface area (Å²) in [6.45, 7) is 0.417. The molecule has 1 heterocycles. The molecule has 1 aromatic rings. The molecule has 1 saturated heterocycles. The maximum Gasteiger partial charge on any atom is 0.416 e. The van der Waals surface area contributed by atoms with Crippen molar-refractivity contribution < 1.29 is 18.3 Å². The number of hydrogen-bond acceptors (Lipinski definition) is 3. The van der Waals surface area contributed by atoms with Gasteiger partial charge >= 0.3 is 6.18 Å². The van der Waals surface area contributed by atoms with Gasteiger partial charge in [-0.2, -0.15) is 18.4 Å². The highest BCUT2D eigenvalue weighted by atomic mass is 35.5. The van der Waals surface area contributed by atoms with Crippen LogP contribution in [0.4, 0.5) is 18.9 Å². The Morgan fingerprint density at radius 2 is 2.15 bits per heavy atom. The number of anilines is 1. The summed E-state index contributed by atoms with van der Waals surface area (Å²) in [6.07, 6.45) is -6.21. The van der Waals surface area contributed by atoms with Crippen molar-refractivity contribution in [1.29, 1.82) is 5.26 Å². The summed E-state index contributed by atoms with van der Waals surface area (Å²) in [5.74, 6) is 0. The maximum atomic E-state index is 12.6. The van der Waals surface area contributed by atoms with E-state index in [0.717, 1.165) is 0 Å². The first-order valence-corrected chi connectivity index (χ1v) is 6.43. The molecule has 0 bridgehead atoms. The first-order chi connectivity index (χ1) is 9.34. The average molecular weight is 305 g/mol. The Balaban J connectivity index is 2.28. The number of aliphatic hydroxyl groups is 1. The fourth-order valence-electron chi connectivity index (χ4n) is 2.43. The molecule has 1 N–H and O–H groups in total. The number of aliphatic hydroxyl groups excluding tert-OH is 1. The second kappa shape index (κ2) is 5.51. The van der Waals surface area contributed by atoms with Gasteiger partial charge in [-0.1, -0.05) is 11.6 Å². The van der Waals surface area contributed by atoms with E-state index in [9.17, 15) is 18.3 Å². The van der Waals surface area contributed by atoms with Gasteiger partial charge < -0.3 is 10.0 Å². The fourth-order valence-corrected chi connectivity index (χ4v) is 2.65. The van der Waals surface area contributed by atoms with Crippen LogP contribution >= 0.6 is 11.6 Å². The van der Waals surface area contributed by atoms with E-state index in [2.05, 4.69) is 0 Å². The Morgan fingerprint density at radius 1 is 1.45 bits per heavy atom. The van der Waals surface area contributed by atoms with Crippen molar-refractivity contribution in [2.75, 3.05) is 11.4 Å². The van der Waals surface area contributed by atoms with Gasteiger partial charge in [0.05, 0.1) is 16.6 Å². The van der Waals surface area contributed by atoms with E-state index in [1.54, 1.807) is 6.07 Å². The molecule has 0 spiro atoms. The van der Waals surface area contributed by atoms with Gasteiger partial charge in [0.1, 0.15) is 6.07 Å². The molecule has 20 heavy (non-hydrogen) atoms. The topological polar surface area (TPSA) is 47.3 Å². The van der Waals surface area contributed by atoms with E-state index < -0.39 is 18.3 Å². The number of benzene rings is 1. The lowest BCUT2D eigenvalue weighted by atomic mass is 10.1. The summed E-state index contributed by atoms with van der Waals surface area (Å²) in [5.41, 5.74) is 0.752. The zero-order valence-electron chi connectivity index (χ0n) is 10.4. The molecule has 0 aliphatic carbocycles. The number of nitrogens with zero attached hydrogens (tertiary/aromatic N) is 2. The minimum atomic E-state index is -4.65. The molecule has 0 aromatic heterocycles. The SMILES string of the molecule is N#Cc1ccc(N2CCCC2[C@@H](O)C(F)(F)F)cc1Cl. The standard InChI is InChI=1S/C13H12ClF3N2O/c14-10-6-9(4-3-8(10)7-18)19-5-1-2-11(19)12(20)13(15,16)17/h3-4,6,11-12,20H,1-2,5H2/t11?,12-/m1/s1. The molecular formula is C13H12ClF3N2O.